The average Bonchev–Trinajstić information content (AvgIpc) is 2.26. The predicted molar refractivity (Wildman–Crippen MR) is 81.7 cm³/mol. The highest BCUT2D eigenvalue weighted by molar-refractivity contribution is 9.10. The molecule has 0 N–H and O–H groups in total. The third-order valence-corrected chi connectivity index (χ3v) is 4.63. The first-order chi connectivity index (χ1) is 8.13. The summed E-state index contributed by atoms with van der Waals surface area (Å²) in [7, 11) is 0. The predicted octanol–water partition coefficient (Wildman–Crippen LogP) is 2.57. The minimum atomic E-state index is 0. The van der Waals surface area contributed by atoms with Crippen LogP contribution in [0.2, 0.25) is 0 Å². The number of nitrogens with zero attached hydrogens (tertiary/aromatic N) is 1. The van der Waals surface area contributed by atoms with E-state index in [4.69, 9.17) is 4.98 Å². The largest absolute Gasteiger partial charge is 1.00 e. The number of aryl methyl sites for hydroxylation is 1. The topological polar surface area (TPSA) is 12.9 Å². The van der Waals surface area contributed by atoms with E-state index in [2.05, 4.69) is 63.0 Å². The van der Waals surface area contributed by atoms with Gasteiger partial charge in [0.15, 0.2) is 0 Å². The van der Waals surface area contributed by atoms with Gasteiger partial charge in [0.05, 0.1) is 0 Å². The van der Waals surface area contributed by atoms with Gasteiger partial charge in [0, 0.05) is 21.1 Å². The van der Waals surface area contributed by atoms with E-state index in [9.17, 15) is 0 Å². The van der Waals surface area contributed by atoms with Crippen LogP contribution in [0.25, 0.3) is 20.4 Å². The summed E-state index contributed by atoms with van der Waals surface area (Å²) in [4.78, 5) is 4.73. The zero-order chi connectivity index (χ0) is 12.0. The zero-order valence-electron chi connectivity index (χ0n) is 9.38. The smallest absolute Gasteiger partial charge is 0.258 e. The molecule has 18 heavy (non-hydrogen) atoms. The molecular formula is C13H8Br3NS. The van der Waals surface area contributed by atoms with Crippen LogP contribution in [0, 0.1) is 6.92 Å². The van der Waals surface area contributed by atoms with Gasteiger partial charge < -0.3 is 17.0 Å². The van der Waals surface area contributed by atoms with Gasteiger partial charge >= 0.3 is 0 Å². The second-order valence-corrected chi connectivity index (χ2v) is 6.81. The molecule has 0 aliphatic rings. The van der Waals surface area contributed by atoms with E-state index in [1.807, 2.05) is 6.07 Å². The lowest BCUT2D eigenvalue weighted by molar-refractivity contribution is -0.00000308. The summed E-state index contributed by atoms with van der Waals surface area (Å²) in [5.41, 5.74) is 3.35. The average molecular weight is 450 g/mol. The molecule has 0 amide bonds. The van der Waals surface area contributed by atoms with E-state index in [1.54, 1.807) is 11.3 Å². The molecule has 0 unspecified atom stereocenters. The SMILES string of the molecule is Cc1cc(Br)cc2[s+]c3cc(Br)ccc3nc12.[Br-]. The Morgan fingerprint density at radius 2 is 1.72 bits per heavy atom. The fraction of sp³-hybridized carbons (Fsp3) is 0.0769. The maximum Gasteiger partial charge on any atom is 0.258 e. The molecule has 2 aromatic carbocycles. The number of fused-ring (bicyclic) bond motifs is 2. The van der Waals surface area contributed by atoms with E-state index in [0.29, 0.717) is 0 Å². The molecule has 1 aromatic heterocycles. The molecule has 3 rings (SSSR count). The monoisotopic (exact) mass is 447 g/mol. The summed E-state index contributed by atoms with van der Waals surface area (Å²) in [6.07, 6.45) is 0. The third kappa shape index (κ3) is 2.59. The Balaban J connectivity index is 0.00000120. The van der Waals surface area contributed by atoms with Crippen molar-refractivity contribution in [1.29, 1.82) is 0 Å². The molecule has 92 valence electrons. The van der Waals surface area contributed by atoms with Crippen LogP contribution in [-0.4, -0.2) is 4.98 Å². The van der Waals surface area contributed by atoms with Crippen LogP contribution in [-0.2, 0) is 0 Å². The van der Waals surface area contributed by atoms with E-state index in [0.717, 1.165) is 20.0 Å². The standard InChI is InChI=1S/C13H8Br2NS.BrH/c1-7-4-9(15)6-12-13(7)16-10-3-2-8(14)5-11(10)17-12;/h2-6H,1H3;1H/q+1;/p-1. The number of hydrogen-bond donors (Lipinski definition) is 0. The Kier molecular flexibility index (Phi) is 4.36. The zero-order valence-corrected chi connectivity index (χ0v) is 15.0. The summed E-state index contributed by atoms with van der Waals surface area (Å²) in [6.45, 7) is 2.09. The molecular weight excluding hydrogens is 442 g/mol. The summed E-state index contributed by atoms with van der Waals surface area (Å²) >= 11 is 8.80. The van der Waals surface area contributed by atoms with Crippen LogP contribution >= 0.6 is 43.2 Å². The lowest BCUT2D eigenvalue weighted by Crippen LogP contribution is -3.00. The first-order valence-corrected chi connectivity index (χ1v) is 7.53. The van der Waals surface area contributed by atoms with Crippen LogP contribution in [0.1, 0.15) is 5.56 Å². The van der Waals surface area contributed by atoms with Crippen LogP contribution in [0.5, 0.6) is 0 Å². The number of rotatable bonds is 0. The van der Waals surface area contributed by atoms with E-state index in [1.165, 1.54) is 15.0 Å². The van der Waals surface area contributed by atoms with E-state index in [-0.39, 0.29) is 17.0 Å². The van der Waals surface area contributed by atoms with Crippen molar-refractivity contribution in [2.24, 2.45) is 0 Å². The van der Waals surface area contributed by atoms with E-state index < -0.39 is 0 Å². The fourth-order valence-corrected chi connectivity index (χ4v) is 4.19. The van der Waals surface area contributed by atoms with Crippen molar-refractivity contribution < 1.29 is 17.0 Å². The normalized spacial score (nSPS) is 10.6. The molecule has 0 radical (unpaired) electrons. The van der Waals surface area contributed by atoms with Crippen molar-refractivity contribution in [3.05, 3.63) is 44.8 Å². The Labute approximate surface area is 136 Å². The highest BCUT2D eigenvalue weighted by atomic mass is 79.9. The van der Waals surface area contributed by atoms with Crippen LogP contribution < -0.4 is 17.0 Å². The van der Waals surface area contributed by atoms with Gasteiger partial charge in [0.25, 0.3) is 9.40 Å². The van der Waals surface area contributed by atoms with Crippen molar-refractivity contribution in [2.75, 3.05) is 0 Å². The highest BCUT2D eigenvalue weighted by Gasteiger charge is 2.15. The molecule has 0 bridgehead atoms. The van der Waals surface area contributed by atoms with Gasteiger partial charge in [0.1, 0.15) is 11.0 Å². The Bertz CT molecular complexity index is 743. The third-order valence-electron chi connectivity index (χ3n) is 2.60. The van der Waals surface area contributed by atoms with Gasteiger partial charge in [-0.05, 0) is 30.7 Å². The summed E-state index contributed by atoms with van der Waals surface area (Å²) < 4.78 is 4.61. The van der Waals surface area contributed by atoms with Crippen molar-refractivity contribution >= 4 is 63.6 Å². The van der Waals surface area contributed by atoms with Gasteiger partial charge in [0.2, 0.25) is 11.3 Å². The molecule has 0 fully saturated rings. The lowest BCUT2D eigenvalue weighted by Gasteiger charge is -1.98. The highest BCUT2D eigenvalue weighted by Crippen LogP contribution is 2.31. The molecule has 5 heteroatoms. The Morgan fingerprint density at radius 3 is 2.50 bits per heavy atom. The molecule has 0 aliphatic carbocycles. The van der Waals surface area contributed by atoms with Gasteiger partial charge in [-0.2, -0.15) is 0 Å². The molecule has 1 nitrogen and oxygen atoms in total. The lowest BCUT2D eigenvalue weighted by atomic mass is 10.2. The van der Waals surface area contributed by atoms with Crippen molar-refractivity contribution in [2.45, 2.75) is 6.92 Å². The van der Waals surface area contributed by atoms with Crippen LogP contribution in [0.4, 0.5) is 0 Å². The maximum atomic E-state index is 4.73. The summed E-state index contributed by atoms with van der Waals surface area (Å²) in [5, 5.41) is 0. The molecule has 0 saturated carbocycles. The Morgan fingerprint density at radius 1 is 1.00 bits per heavy atom. The molecule has 0 saturated heterocycles. The first kappa shape index (κ1) is 14.3. The fourth-order valence-electron chi connectivity index (χ4n) is 1.83. The number of hydrogen-bond acceptors (Lipinski definition) is 1. The molecule has 1 heterocycles. The van der Waals surface area contributed by atoms with Gasteiger partial charge in [-0.15, -0.1) is 0 Å². The van der Waals surface area contributed by atoms with Crippen molar-refractivity contribution in [3.8, 4) is 0 Å². The van der Waals surface area contributed by atoms with Crippen LogP contribution in [0.3, 0.4) is 0 Å². The molecule has 0 atom stereocenters. The molecule has 0 spiro atoms. The van der Waals surface area contributed by atoms with E-state index >= 15 is 0 Å². The van der Waals surface area contributed by atoms with Crippen LogP contribution in [0.15, 0.2) is 39.3 Å². The molecule has 0 aliphatic heterocycles. The molecule has 3 aromatic rings. The quantitative estimate of drug-likeness (QED) is 0.380. The number of benzene rings is 2. The maximum absolute atomic E-state index is 4.73. The summed E-state index contributed by atoms with van der Waals surface area (Å²) in [5.74, 6) is 0. The number of aromatic nitrogens is 1. The minimum Gasteiger partial charge on any atom is -1.00 e. The van der Waals surface area contributed by atoms with Gasteiger partial charge in [-0.1, -0.05) is 31.9 Å². The van der Waals surface area contributed by atoms with Gasteiger partial charge in [-0.3, -0.25) is 0 Å². The van der Waals surface area contributed by atoms with Crippen molar-refractivity contribution in [3.63, 3.8) is 0 Å². The second kappa shape index (κ2) is 5.49. The first-order valence-electron chi connectivity index (χ1n) is 5.13. The Hall–Kier alpha value is -0.100. The van der Waals surface area contributed by atoms with Gasteiger partial charge in [-0.25, -0.2) is 4.98 Å². The second-order valence-electron chi connectivity index (χ2n) is 3.90. The van der Waals surface area contributed by atoms with Crippen molar-refractivity contribution in [1.82, 2.24) is 4.98 Å². The minimum absolute atomic E-state index is 0. The number of halogens is 3. The summed E-state index contributed by atoms with van der Waals surface area (Å²) in [6, 6.07) is 10.4.